The van der Waals surface area contributed by atoms with Crippen LogP contribution in [0.4, 0.5) is 0 Å². The van der Waals surface area contributed by atoms with Crippen LogP contribution in [-0.4, -0.2) is 11.5 Å². The molecule has 1 heterocycles. The zero-order valence-electron chi connectivity index (χ0n) is 13.2. The predicted octanol–water partition coefficient (Wildman–Crippen LogP) is 4.20. The number of aromatic nitrogens is 1. The van der Waals surface area contributed by atoms with Crippen LogP contribution in [0.15, 0.2) is 24.3 Å². The van der Waals surface area contributed by atoms with Crippen LogP contribution in [0.2, 0.25) is 0 Å². The lowest BCUT2D eigenvalue weighted by atomic mass is 9.76. The Labute approximate surface area is 131 Å². The SMILES string of the molecule is CCNC1(c2nc(CC)c(C)s2)CCCc2ccccc21. The van der Waals surface area contributed by atoms with Gasteiger partial charge in [-0.3, -0.25) is 0 Å². The molecule has 1 atom stereocenters. The van der Waals surface area contributed by atoms with Crippen molar-refractivity contribution in [2.24, 2.45) is 0 Å². The van der Waals surface area contributed by atoms with Gasteiger partial charge in [0.05, 0.1) is 11.2 Å². The Balaban J connectivity index is 2.17. The minimum absolute atomic E-state index is 0.0769. The van der Waals surface area contributed by atoms with Crippen LogP contribution in [0.1, 0.15) is 53.4 Å². The van der Waals surface area contributed by atoms with Gasteiger partial charge in [0, 0.05) is 4.88 Å². The third-order valence-electron chi connectivity index (χ3n) is 4.55. The van der Waals surface area contributed by atoms with E-state index in [2.05, 4.69) is 50.4 Å². The quantitative estimate of drug-likeness (QED) is 0.915. The van der Waals surface area contributed by atoms with E-state index in [4.69, 9.17) is 4.98 Å². The van der Waals surface area contributed by atoms with Gasteiger partial charge in [-0.05, 0) is 50.3 Å². The van der Waals surface area contributed by atoms with E-state index in [1.54, 1.807) is 0 Å². The number of nitrogens with zero attached hydrogens (tertiary/aromatic N) is 1. The minimum Gasteiger partial charge on any atom is -0.302 e. The summed E-state index contributed by atoms with van der Waals surface area (Å²) in [5.41, 5.74) is 4.10. The molecule has 0 amide bonds. The average Bonchev–Trinajstić information content (AvgIpc) is 2.89. The molecular formula is C18H24N2S. The van der Waals surface area contributed by atoms with Gasteiger partial charge in [-0.15, -0.1) is 11.3 Å². The van der Waals surface area contributed by atoms with Crippen LogP contribution >= 0.6 is 11.3 Å². The highest BCUT2D eigenvalue weighted by atomic mass is 32.1. The van der Waals surface area contributed by atoms with Crippen LogP contribution in [0, 0.1) is 6.92 Å². The van der Waals surface area contributed by atoms with E-state index in [1.165, 1.54) is 39.5 Å². The van der Waals surface area contributed by atoms with Gasteiger partial charge in [-0.25, -0.2) is 4.98 Å². The summed E-state index contributed by atoms with van der Waals surface area (Å²) in [5, 5.41) is 5.04. The van der Waals surface area contributed by atoms with E-state index in [-0.39, 0.29) is 5.54 Å². The maximum Gasteiger partial charge on any atom is 0.118 e. The molecule has 2 aromatic rings. The Bertz CT molecular complexity index is 632. The van der Waals surface area contributed by atoms with Gasteiger partial charge in [-0.2, -0.15) is 0 Å². The van der Waals surface area contributed by atoms with Crippen molar-refractivity contribution in [2.45, 2.75) is 52.0 Å². The van der Waals surface area contributed by atoms with Crippen molar-refractivity contribution in [1.82, 2.24) is 10.3 Å². The number of fused-ring (bicyclic) bond motifs is 1. The topological polar surface area (TPSA) is 24.9 Å². The van der Waals surface area contributed by atoms with Crippen LogP contribution in [-0.2, 0) is 18.4 Å². The maximum absolute atomic E-state index is 5.00. The summed E-state index contributed by atoms with van der Waals surface area (Å²) in [7, 11) is 0. The summed E-state index contributed by atoms with van der Waals surface area (Å²) < 4.78 is 0. The van der Waals surface area contributed by atoms with Crippen molar-refractivity contribution in [1.29, 1.82) is 0 Å². The van der Waals surface area contributed by atoms with Crippen LogP contribution < -0.4 is 5.32 Å². The molecule has 1 aliphatic rings. The van der Waals surface area contributed by atoms with Crippen molar-refractivity contribution >= 4 is 11.3 Å². The Morgan fingerprint density at radius 2 is 2.10 bits per heavy atom. The van der Waals surface area contributed by atoms with Crippen LogP contribution in [0.25, 0.3) is 0 Å². The van der Waals surface area contributed by atoms with Gasteiger partial charge in [0.25, 0.3) is 0 Å². The van der Waals surface area contributed by atoms with Crippen LogP contribution in [0.3, 0.4) is 0 Å². The Morgan fingerprint density at radius 1 is 1.29 bits per heavy atom. The molecule has 1 aromatic carbocycles. The largest absolute Gasteiger partial charge is 0.302 e. The van der Waals surface area contributed by atoms with Crippen LogP contribution in [0.5, 0.6) is 0 Å². The molecule has 3 heteroatoms. The zero-order chi connectivity index (χ0) is 14.9. The fourth-order valence-corrected chi connectivity index (χ4v) is 4.77. The molecule has 0 aliphatic heterocycles. The normalized spacial score (nSPS) is 21.3. The molecule has 1 unspecified atom stereocenters. The standard InChI is InChI=1S/C18H24N2S/c1-4-16-13(3)21-17(20-16)18(19-5-2)12-8-10-14-9-6-7-11-15(14)18/h6-7,9,11,19H,4-5,8,10,12H2,1-3H3. The number of thiazole rings is 1. The second-order valence-corrected chi connectivity index (χ2v) is 7.03. The molecule has 0 radical (unpaired) electrons. The third kappa shape index (κ3) is 2.43. The van der Waals surface area contributed by atoms with E-state index in [0.29, 0.717) is 0 Å². The molecule has 1 N–H and O–H groups in total. The lowest BCUT2D eigenvalue weighted by Crippen LogP contribution is -2.45. The van der Waals surface area contributed by atoms with Crippen molar-refractivity contribution in [3.05, 3.63) is 51.0 Å². The summed E-state index contributed by atoms with van der Waals surface area (Å²) in [4.78, 5) is 6.37. The lowest BCUT2D eigenvalue weighted by Gasteiger charge is -2.38. The molecule has 2 nitrogen and oxygen atoms in total. The Morgan fingerprint density at radius 3 is 2.81 bits per heavy atom. The van der Waals surface area contributed by atoms with Gasteiger partial charge < -0.3 is 5.32 Å². The number of hydrogen-bond acceptors (Lipinski definition) is 3. The Kier molecular flexibility index (Phi) is 4.14. The fourth-order valence-electron chi connectivity index (χ4n) is 3.56. The average molecular weight is 300 g/mol. The van der Waals surface area contributed by atoms with Crippen molar-refractivity contribution in [3.8, 4) is 0 Å². The molecule has 0 saturated carbocycles. The summed E-state index contributed by atoms with van der Waals surface area (Å²) in [5.74, 6) is 0. The summed E-state index contributed by atoms with van der Waals surface area (Å²) in [6.45, 7) is 7.56. The van der Waals surface area contributed by atoms with Crippen molar-refractivity contribution < 1.29 is 0 Å². The molecule has 1 aliphatic carbocycles. The second kappa shape index (κ2) is 5.90. The van der Waals surface area contributed by atoms with Gasteiger partial charge in [-0.1, -0.05) is 38.1 Å². The molecule has 0 fully saturated rings. The Hall–Kier alpha value is -1.19. The molecule has 0 bridgehead atoms. The van der Waals surface area contributed by atoms with E-state index < -0.39 is 0 Å². The van der Waals surface area contributed by atoms with E-state index in [0.717, 1.165) is 19.4 Å². The minimum atomic E-state index is -0.0769. The van der Waals surface area contributed by atoms with E-state index in [9.17, 15) is 0 Å². The highest BCUT2D eigenvalue weighted by Crippen LogP contribution is 2.42. The molecule has 112 valence electrons. The number of nitrogens with one attached hydrogen (secondary N) is 1. The third-order valence-corrected chi connectivity index (χ3v) is 5.72. The predicted molar refractivity (Wildman–Crippen MR) is 90.1 cm³/mol. The number of hydrogen-bond donors (Lipinski definition) is 1. The molecule has 1 aromatic heterocycles. The maximum atomic E-state index is 5.00. The van der Waals surface area contributed by atoms with E-state index >= 15 is 0 Å². The lowest BCUT2D eigenvalue weighted by molar-refractivity contribution is 0.349. The number of rotatable bonds is 4. The highest BCUT2D eigenvalue weighted by Gasteiger charge is 2.40. The molecule has 21 heavy (non-hydrogen) atoms. The van der Waals surface area contributed by atoms with Gasteiger partial charge in [0.15, 0.2) is 0 Å². The fraction of sp³-hybridized carbons (Fsp3) is 0.500. The summed E-state index contributed by atoms with van der Waals surface area (Å²) in [6, 6.07) is 8.89. The summed E-state index contributed by atoms with van der Waals surface area (Å²) in [6.07, 6.45) is 4.58. The first-order valence-corrected chi connectivity index (χ1v) is 8.83. The van der Waals surface area contributed by atoms with Gasteiger partial charge in [0.1, 0.15) is 5.01 Å². The van der Waals surface area contributed by atoms with Gasteiger partial charge >= 0.3 is 0 Å². The molecule has 0 saturated heterocycles. The molecule has 3 rings (SSSR count). The van der Waals surface area contributed by atoms with Crippen molar-refractivity contribution in [2.75, 3.05) is 6.54 Å². The molecule has 0 spiro atoms. The second-order valence-electron chi connectivity index (χ2n) is 5.82. The first kappa shape index (κ1) is 14.7. The smallest absolute Gasteiger partial charge is 0.118 e. The molecular weight excluding hydrogens is 276 g/mol. The zero-order valence-corrected chi connectivity index (χ0v) is 14.0. The van der Waals surface area contributed by atoms with Crippen molar-refractivity contribution in [3.63, 3.8) is 0 Å². The first-order valence-electron chi connectivity index (χ1n) is 8.01. The monoisotopic (exact) mass is 300 g/mol. The first-order chi connectivity index (χ1) is 10.2. The highest BCUT2D eigenvalue weighted by molar-refractivity contribution is 7.11. The van der Waals surface area contributed by atoms with Gasteiger partial charge in [0.2, 0.25) is 0 Å². The summed E-state index contributed by atoms with van der Waals surface area (Å²) >= 11 is 1.87. The number of benzene rings is 1. The van der Waals surface area contributed by atoms with E-state index in [1.807, 2.05) is 11.3 Å². The number of aryl methyl sites for hydroxylation is 3.